The SMILES string of the molecule is C=NC(=O)C(=C)/C=C(\O)Cc1ccccc1. The second-order valence-electron chi connectivity index (χ2n) is 3.29. The van der Waals surface area contributed by atoms with Crippen LogP contribution < -0.4 is 0 Å². The summed E-state index contributed by atoms with van der Waals surface area (Å²) in [6.07, 6.45) is 1.67. The van der Waals surface area contributed by atoms with Gasteiger partial charge in [0.15, 0.2) is 0 Å². The van der Waals surface area contributed by atoms with E-state index in [1.54, 1.807) is 0 Å². The van der Waals surface area contributed by atoms with Gasteiger partial charge in [-0.2, -0.15) is 0 Å². The van der Waals surface area contributed by atoms with E-state index in [1.807, 2.05) is 30.3 Å². The van der Waals surface area contributed by atoms with E-state index in [9.17, 15) is 9.90 Å². The molecule has 0 aliphatic carbocycles. The molecule has 0 unspecified atom stereocenters. The summed E-state index contributed by atoms with van der Waals surface area (Å²) in [7, 11) is 0. The largest absolute Gasteiger partial charge is 0.512 e. The van der Waals surface area contributed by atoms with E-state index in [-0.39, 0.29) is 11.3 Å². The smallest absolute Gasteiger partial charge is 0.275 e. The van der Waals surface area contributed by atoms with Gasteiger partial charge < -0.3 is 5.11 Å². The third kappa shape index (κ3) is 3.53. The molecule has 3 nitrogen and oxygen atoms in total. The molecule has 0 saturated heterocycles. The van der Waals surface area contributed by atoms with Crippen molar-refractivity contribution >= 4 is 12.6 Å². The molecular weight excluding hydrogens is 202 g/mol. The number of carbonyl (C=O) groups excluding carboxylic acids is 1. The van der Waals surface area contributed by atoms with Crippen molar-refractivity contribution in [2.24, 2.45) is 4.99 Å². The normalized spacial score (nSPS) is 10.9. The van der Waals surface area contributed by atoms with Gasteiger partial charge in [0, 0.05) is 12.0 Å². The van der Waals surface area contributed by atoms with Crippen LogP contribution in [0, 0.1) is 0 Å². The molecule has 0 aromatic heterocycles. The highest BCUT2D eigenvalue weighted by Gasteiger charge is 2.03. The van der Waals surface area contributed by atoms with E-state index < -0.39 is 5.91 Å². The summed E-state index contributed by atoms with van der Waals surface area (Å²) in [6.45, 7) is 6.59. The van der Waals surface area contributed by atoms with Gasteiger partial charge in [0.2, 0.25) is 0 Å². The van der Waals surface area contributed by atoms with Gasteiger partial charge in [0.25, 0.3) is 5.91 Å². The van der Waals surface area contributed by atoms with Crippen LogP contribution in [0.25, 0.3) is 0 Å². The minimum atomic E-state index is -0.528. The number of hydrogen-bond acceptors (Lipinski definition) is 2. The first kappa shape index (κ1) is 11.9. The van der Waals surface area contributed by atoms with Crippen molar-refractivity contribution in [1.29, 1.82) is 0 Å². The number of nitrogens with zero attached hydrogens (tertiary/aromatic N) is 1. The molecule has 16 heavy (non-hydrogen) atoms. The van der Waals surface area contributed by atoms with Crippen LogP contribution in [-0.4, -0.2) is 17.7 Å². The quantitative estimate of drug-likeness (QED) is 0.363. The van der Waals surface area contributed by atoms with Gasteiger partial charge in [0.1, 0.15) is 0 Å². The second-order valence-corrected chi connectivity index (χ2v) is 3.29. The lowest BCUT2D eigenvalue weighted by Gasteiger charge is -2.00. The Labute approximate surface area is 94.5 Å². The van der Waals surface area contributed by atoms with Crippen molar-refractivity contribution in [1.82, 2.24) is 0 Å². The van der Waals surface area contributed by atoms with Crippen LogP contribution >= 0.6 is 0 Å². The zero-order chi connectivity index (χ0) is 12.0. The lowest BCUT2D eigenvalue weighted by atomic mass is 10.1. The van der Waals surface area contributed by atoms with Crippen molar-refractivity contribution in [3.8, 4) is 0 Å². The highest BCUT2D eigenvalue weighted by atomic mass is 16.3. The third-order valence-corrected chi connectivity index (χ3v) is 1.99. The van der Waals surface area contributed by atoms with Crippen LogP contribution in [0.5, 0.6) is 0 Å². The van der Waals surface area contributed by atoms with E-state index in [1.165, 1.54) is 6.08 Å². The van der Waals surface area contributed by atoms with Gasteiger partial charge in [-0.1, -0.05) is 36.9 Å². The summed E-state index contributed by atoms with van der Waals surface area (Å²) in [5.41, 5.74) is 1.09. The molecule has 1 aromatic rings. The monoisotopic (exact) mass is 215 g/mol. The zero-order valence-electron chi connectivity index (χ0n) is 8.89. The van der Waals surface area contributed by atoms with E-state index >= 15 is 0 Å². The molecule has 0 radical (unpaired) electrons. The minimum Gasteiger partial charge on any atom is -0.512 e. The number of amides is 1. The predicted octanol–water partition coefficient (Wildman–Crippen LogP) is 2.45. The number of rotatable bonds is 4. The number of hydrogen-bond donors (Lipinski definition) is 1. The van der Waals surface area contributed by atoms with E-state index in [0.29, 0.717) is 6.42 Å². The average Bonchev–Trinajstić information content (AvgIpc) is 2.29. The molecule has 0 aliphatic rings. The highest BCUT2D eigenvalue weighted by molar-refractivity contribution is 5.98. The number of aliphatic hydroxyl groups excluding tert-OH is 1. The van der Waals surface area contributed by atoms with E-state index in [0.717, 1.165) is 5.56 Å². The summed E-state index contributed by atoms with van der Waals surface area (Å²) in [4.78, 5) is 14.2. The summed E-state index contributed by atoms with van der Waals surface area (Å²) in [5.74, 6) is -0.451. The van der Waals surface area contributed by atoms with Crippen molar-refractivity contribution in [2.45, 2.75) is 6.42 Å². The second kappa shape index (κ2) is 5.66. The molecule has 3 heteroatoms. The fourth-order valence-corrected chi connectivity index (χ4v) is 1.22. The molecule has 1 amide bonds. The van der Waals surface area contributed by atoms with E-state index in [2.05, 4.69) is 18.3 Å². The molecule has 1 N–H and O–H groups in total. The van der Waals surface area contributed by atoms with Crippen LogP contribution in [0.2, 0.25) is 0 Å². The predicted molar refractivity (Wildman–Crippen MR) is 64.6 cm³/mol. The minimum absolute atomic E-state index is 0.0770. The zero-order valence-corrected chi connectivity index (χ0v) is 8.89. The molecule has 0 spiro atoms. The van der Waals surface area contributed by atoms with Crippen LogP contribution in [0.4, 0.5) is 0 Å². The van der Waals surface area contributed by atoms with Gasteiger partial charge in [-0.05, 0) is 18.4 Å². The lowest BCUT2D eigenvalue weighted by molar-refractivity contribution is -0.114. The maximum Gasteiger partial charge on any atom is 0.275 e. The van der Waals surface area contributed by atoms with Crippen LogP contribution in [0.15, 0.2) is 59.3 Å². The van der Waals surface area contributed by atoms with Gasteiger partial charge in [0.05, 0.1) is 5.76 Å². The molecule has 0 atom stereocenters. The number of benzene rings is 1. The molecule has 0 heterocycles. The molecule has 0 fully saturated rings. The highest BCUT2D eigenvalue weighted by Crippen LogP contribution is 2.08. The van der Waals surface area contributed by atoms with Gasteiger partial charge in [-0.3, -0.25) is 4.79 Å². The number of aliphatic hydroxyl groups is 1. The average molecular weight is 215 g/mol. The lowest BCUT2D eigenvalue weighted by Crippen LogP contribution is -1.96. The van der Waals surface area contributed by atoms with E-state index in [4.69, 9.17) is 0 Å². The van der Waals surface area contributed by atoms with Gasteiger partial charge >= 0.3 is 0 Å². The topological polar surface area (TPSA) is 49.7 Å². The summed E-state index contributed by atoms with van der Waals surface area (Å²) in [6, 6.07) is 9.44. The van der Waals surface area contributed by atoms with Crippen molar-refractivity contribution in [3.05, 3.63) is 59.9 Å². The summed E-state index contributed by atoms with van der Waals surface area (Å²) in [5, 5.41) is 9.60. The molecule has 0 aliphatic heterocycles. The van der Waals surface area contributed by atoms with Crippen LogP contribution in [0.3, 0.4) is 0 Å². The molecule has 0 bridgehead atoms. The van der Waals surface area contributed by atoms with Gasteiger partial charge in [-0.15, -0.1) is 0 Å². The first-order valence-electron chi connectivity index (χ1n) is 4.77. The van der Waals surface area contributed by atoms with Crippen LogP contribution in [0.1, 0.15) is 5.56 Å². The standard InChI is InChI=1S/C13H13NO2/c1-10(13(16)14-2)8-12(15)9-11-6-4-3-5-7-11/h3-8,15H,1-2,9H2/b12-8-. The Balaban J connectivity index is 2.69. The van der Waals surface area contributed by atoms with Crippen molar-refractivity contribution < 1.29 is 9.90 Å². The Morgan fingerprint density at radius 2 is 2.00 bits per heavy atom. The molecule has 1 rings (SSSR count). The van der Waals surface area contributed by atoms with Gasteiger partial charge in [-0.25, -0.2) is 4.99 Å². The first-order valence-corrected chi connectivity index (χ1v) is 4.77. The summed E-state index contributed by atoms with van der Waals surface area (Å²) >= 11 is 0. The number of aliphatic imine (C=N–C) groups is 1. The van der Waals surface area contributed by atoms with Crippen molar-refractivity contribution in [3.63, 3.8) is 0 Å². The number of allylic oxidation sites excluding steroid dienone is 1. The van der Waals surface area contributed by atoms with Crippen molar-refractivity contribution in [2.75, 3.05) is 0 Å². The molecule has 0 saturated carbocycles. The Morgan fingerprint density at radius 1 is 1.38 bits per heavy atom. The fraction of sp³-hybridized carbons (Fsp3) is 0.0769. The Hall–Kier alpha value is -2.16. The molecular formula is C13H13NO2. The third-order valence-electron chi connectivity index (χ3n) is 1.99. The summed E-state index contributed by atoms with van der Waals surface area (Å²) < 4.78 is 0. The molecule has 1 aromatic carbocycles. The Kier molecular flexibility index (Phi) is 4.21. The molecule has 82 valence electrons. The number of carbonyl (C=O) groups is 1. The maximum atomic E-state index is 11.0. The Bertz CT molecular complexity index is 433. The Morgan fingerprint density at radius 3 is 2.56 bits per heavy atom. The maximum absolute atomic E-state index is 11.0. The van der Waals surface area contributed by atoms with Crippen LogP contribution in [-0.2, 0) is 11.2 Å². The first-order chi connectivity index (χ1) is 7.63. The fourth-order valence-electron chi connectivity index (χ4n) is 1.22.